The van der Waals surface area contributed by atoms with Crippen LogP contribution in [-0.2, 0) is 0 Å². The van der Waals surface area contributed by atoms with Crippen molar-refractivity contribution in [3.8, 4) is 5.75 Å². The van der Waals surface area contributed by atoms with Crippen LogP contribution in [0.4, 0.5) is 5.69 Å². The monoisotopic (exact) mass is 445 g/mol. The molecule has 1 N–H and O–H groups in total. The van der Waals surface area contributed by atoms with E-state index in [4.69, 9.17) is 4.74 Å². The quantitative estimate of drug-likeness (QED) is 0.311. The van der Waals surface area contributed by atoms with Crippen LogP contribution in [0.15, 0.2) is 42.5 Å². The van der Waals surface area contributed by atoms with Crippen LogP contribution in [0.5, 0.6) is 5.75 Å². The molecule has 0 bridgehead atoms. The van der Waals surface area contributed by atoms with E-state index in [2.05, 4.69) is 61.1 Å². The second-order valence-corrected chi connectivity index (χ2v) is 8.49. The Kier molecular flexibility index (Phi) is 9.04. The highest BCUT2D eigenvalue weighted by molar-refractivity contribution is 9.09. The van der Waals surface area contributed by atoms with Gasteiger partial charge in [-0.1, -0.05) is 61.8 Å². The summed E-state index contributed by atoms with van der Waals surface area (Å²) in [4.78, 5) is 13.1. The van der Waals surface area contributed by atoms with E-state index in [1.807, 2.05) is 30.3 Å². The first-order valence-electron chi connectivity index (χ1n) is 10.2. The number of carbonyl (C=O) groups is 1. The Labute approximate surface area is 178 Å². The zero-order chi connectivity index (χ0) is 20.5. The Morgan fingerprint density at radius 1 is 0.929 bits per heavy atom. The first kappa shape index (κ1) is 22.5. The Morgan fingerprint density at radius 3 is 2.07 bits per heavy atom. The van der Waals surface area contributed by atoms with Crippen LogP contribution < -0.4 is 10.1 Å². The maximum absolute atomic E-state index is 13.1. The topological polar surface area (TPSA) is 38.3 Å². The van der Waals surface area contributed by atoms with Gasteiger partial charge in [0.2, 0.25) is 0 Å². The van der Waals surface area contributed by atoms with E-state index in [1.165, 1.54) is 6.42 Å². The number of benzene rings is 2. The van der Waals surface area contributed by atoms with Gasteiger partial charge in [-0.15, -0.1) is 0 Å². The van der Waals surface area contributed by atoms with E-state index >= 15 is 0 Å². The van der Waals surface area contributed by atoms with Gasteiger partial charge in [0.25, 0.3) is 5.91 Å². The standard InChI is InChI=1S/C24H32BrNO2/c1-17(2)21-9-8-10-22(18(3)4)23(21)24(27)26-19-11-13-20(14-12-19)28-16-7-5-6-15-25/h8-14,17-18H,5-7,15-16H2,1-4H3,(H,26,27). The van der Waals surface area contributed by atoms with Gasteiger partial charge in [-0.3, -0.25) is 4.79 Å². The zero-order valence-corrected chi connectivity index (χ0v) is 19.0. The first-order valence-corrected chi connectivity index (χ1v) is 11.3. The Hall–Kier alpha value is -1.81. The molecule has 0 radical (unpaired) electrons. The van der Waals surface area contributed by atoms with Crippen molar-refractivity contribution in [2.24, 2.45) is 0 Å². The molecule has 4 heteroatoms. The fourth-order valence-electron chi connectivity index (χ4n) is 3.20. The van der Waals surface area contributed by atoms with Gasteiger partial charge in [-0.2, -0.15) is 0 Å². The fourth-order valence-corrected chi connectivity index (χ4v) is 3.60. The molecule has 0 aliphatic carbocycles. The van der Waals surface area contributed by atoms with Gasteiger partial charge in [0.15, 0.2) is 0 Å². The molecule has 2 aromatic rings. The van der Waals surface area contributed by atoms with E-state index in [1.54, 1.807) is 0 Å². The van der Waals surface area contributed by atoms with Gasteiger partial charge in [-0.05, 0) is 66.5 Å². The second-order valence-electron chi connectivity index (χ2n) is 7.70. The number of alkyl halides is 1. The van der Waals surface area contributed by atoms with E-state index in [9.17, 15) is 4.79 Å². The molecule has 0 saturated carbocycles. The normalized spacial score (nSPS) is 11.1. The lowest BCUT2D eigenvalue weighted by molar-refractivity contribution is 0.102. The average molecular weight is 446 g/mol. The summed E-state index contributed by atoms with van der Waals surface area (Å²) in [5.74, 6) is 1.37. The van der Waals surface area contributed by atoms with Crippen molar-refractivity contribution in [2.45, 2.75) is 58.8 Å². The SMILES string of the molecule is CC(C)c1cccc(C(C)C)c1C(=O)Nc1ccc(OCCCCCBr)cc1. The molecule has 28 heavy (non-hydrogen) atoms. The van der Waals surface area contributed by atoms with E-state index in [0.29, 0.717) is 11.8 Å². The summed E-state index contributed by atoms with van der Waals surface area (Å²) in [6.07, 6.45) is 3.38. The van der Waals surface area contributed by atoms with Crippen LogP contribution in [0.1, 0.15) is 80.3 Å². The molecule has 0 aromatic heterocycles. The molecule has 0 spiro atoms. The van der Waals surface area contributed by atoms with Crippen LogP contribution >= 0.6 is 15.9 Å². The lowest BCUT2D eigenvalue weighted by atomic mass is 9.88. The lowest BCUT2D eigenvalue weighted by Crippen LogP contribution is -2.18. The summed E-state index contributed by atoms with van der Waals surface area (Å²) in [5, 5.41) is 4.10. The highest BCUT2D eigenvalue weighted by atomic mass is 79.9. The van der Waals surface area contributed by atoms with Crippen LogP contribution in [0, 0.1) is 0 Å². The molecule has 3 nitrogen and oxygen atoms in total. The smallest absolute Gasteiger partial charge is 0.256 e. The Balaban J connectivity index is 2.07. The van der Waals surface area contributed by atoms with Gasteiger partial charge >= 0.3 is 0 Å². The fraction of sp³-hybridized carbons (Fsp3) is 0.458. The van der Waals surface area contributed by atoms with Crippen molar-refractivity contribution in [2.75, 3.05) is 17.3 Å². The second kappa shape index (κ2) is 11.3. The maximum atomic E-state index is 13.1. The summed E-state index contributed by atoms with van der Waals surface area (Å²) in [5.41, 5.74) is 3.77. The van der Waals surface area contributed by atoms with Gasteiger partial charge in [0.1, 0.15) is 5.75 Å². The molecule has 0 aliphatic rings. The number of nitrogens with one attached hydrogen (secondary N) is 1. The third-order valence-corrected chi connectivity index (χ3v) is 5.32. The molecule has 0 unspecified atom stereocenters. The van der Waals surface area contributed by atoms with E-state index in [0.717, 1.165) is 52.9 Å². The molecule has 0 saturated heterocycles. The third-order valence-electron chi connectivity index (χ3n) is 4.76. The molecule has 2 aromatic carbocycles. The highest BCUT2D eigenvalue weighted by Gasteiger charge is 2.19. The van der Waals surface area contributed by atoms with Crippen molar-refractivity contribution in [1.82, 2.24) is 0 Å². The molecular formula is C24H32BrNO2. The first-order chi connectivity index (χ1) is 13.4. The minimum atomic E-state index is -0.0450. The number of carbonyl (C=O) groups excluding carboxylic acids is 1. The minimum absolute atomic E-state index is 0.0450. The molecule has 0 fully saturated rings. The largest absolute Gasteiger partial charge is 0.494 e. The summed E-state index contributed by atoms with van der Waals surface area (Å²) in [6, 6.07) is 13.8. The molecule has 1 amide bonds. The van der Waals surface area contributed by atoms with E-state index < -0.39 is 0 Å². The van der Waals surface area contributed by atoms with Crippen LogP contribution in [-0.4, -0.2) is 17.8 Å². The molecule has 2 rings (SSSR count). The summed E-state index contributed by atoms with van der Waals surface area (Å²) in [7, 11) is 0. The van der Waals surface area contributed by atoms with Crippen molar-refractivity contribution < 1.29 is 9.53 Å². The highest BCUT2D eigenvalue weighted by Crippen LogP contribution is 2.28. The lowest BCUT2D eigenvalue weighted by Gasteiger charge is -2.19. The average Bonchev–Trinajstić information content (AvgIpc) is 2.68. The Morgan fingerprint density at radius 2 is 1.54 bits per heavy atom. The van der Waals surface area contributed by atoms with Crippen molar-refractivity contribution >= 4 is 27.5 Å². The summed E-state index contributed by atoms with van der Waals surface area (Å²) < 4.78 is 5.77. The number of rotatable bonds is 10. The summed E-state index contributed by atoms with van der Waals surface area (Å²) >= 11 is 3.44. The Bertz CT molecular complexity index is 727. The number of halogens is 1. The molecule has 0 atom stereocenters. The molecule has 0 heterocycles. The van der Waals surface area contributed by atoms with Crippen LogP contribution in [0.3, 0.4) is 0 Å². The predicted molar refractivity (Wildman–Crippen MR) is 122 cm³/mol. The zero-order valence-electron chi connectivity index (χ0n) is 17.4. The third kappa shape index (κ3) is 6.37. The van der Waals surface area contributed by atoms with Crippen LogP contribution in [0.25, 0.3) is 0 Å². The van der Waals surface area contributed by atoms with Gasteiger partial charge in [0, 0.05) is 16.6 Å². The van der Waals surface area contributed by atoms with Gasteiger partial charge < -0.3 is 10.1 Å². The number of ether oxygens (including phenoxy) is 1. The molecule has 152 valence electrons. The van der Waals surface area contributed by atoms with Gasteiger partial charge in [-0.25, -0.2) is 0 Å². The number of amides is 1. The van der Waals surface area contributed by atoms with Gasteiger partial charge in [0.05, 0.1) is 6.61 Å². The van der Waals surface area contributed by atoms with E-state index in [-0.39, 0.29) is 5.91 Å². The molecular weight excluding hydrogens is 414 g/mol. The number of hydrogen-bond donors (Lipinski definition) is 1. The van der Waals surface area contributed by atoms with Crippen molar-refractivity contribution in [3.05, 3.63) is 59.2 Å². The maximum Gasteiger partial charge on any atom is 0.256 e. The molecule has 0 aliphatic heterocycles. The van der Waals surface area contributed by atoms with Crippen LogP contribution in [0.2, 0.25) is 0 Å². The van der Waals surface area contributed by atoms with Crippen molar-refractivity contribution in [3.63, 3.8) is 0 Å². The number of anilines is 1. The number of unbranched alkanes of at least 4 members (excludes halogenated alkanes) is 2. The van der Waals surface area contributed by atoms with Crippen molar-refractivity contribution in [1.29, 1.82) is 0 Å². The summed E-state index contributed by atoms with van der Waals surface area (Å²) in [6.45, 7) is 9.22. The predicted octanol–water partition coefficient (Wildman–Crippen LogP) is 7.13. The number of hydrogen-bond acceptors (Lipinski definition) is 2. The minimum Gasteiger partial charge on any atom is -0.494 e.